The van der Waals surface area contributed by atoms with Gasteiger partial charge < -0.3 is 10.6 Å². The van der Waals surface area contributed by atoms with E-state index in [1.165, 1.54) is 6.04 Å². The molecule has 0 aliphatic carbocycles. The standard InChI is InChI=1S/C12H22N2Si/c1-3-13-12(14-4-2)10-15-11-8-6-5-7-9-11/h5-9,12-14H,3-4,10,15H2,1-2H3. The van der Waals surface area contributed by atoms with Crippen LogP contribution in [0.3, 0.4) is 0 Å². The zero-order valence-electron chi connectivity index (χ0n) is 9.79. The van der Waals surface area contributed by atoms with E-state index in [9.17, 15) is 0 Å². The molecule has 0 heterocycles. The Morgan fingerprint density at radius 3 is 2.20 bits per heavy atom. The summed E-state index contributed by atoms with van der Waals surface area (Å²) in [6, 6.07) is 12.1. The molecule has 0 saturated heterocycles. The van der Waals surface area contributed by atoms with E-state index in [-0.39, 0.29) is 9.52 Å². The minimum atomic E-state index is -0.124. The zero-order chi connectivity index (χ0) is 10.9. The fraction of sp³-hybridized carbons (Fsp3) is 0.500. The number of benzene rings is 1. The van der Waals surface area contributed by atoms with Gasteiger partial charge in [0.25, 0.3) is 0 Å². The van der Waals surface area contributed by atoms with Crippen LogP contribution in [0.5, 0.6) is 0 Å². The molecule has 0 radical (unpaired) electrons. The van der Waals surface area contributed by atoms with Gasteiger partial charge in [0.15, 0.2) is 0 Å². The molecule has 0 fully saturated rings. The molecule has 0 saturated carbocycles. The lowest BCUT2D eigenvalue weighted by Gasteiger charge is -2.18. The Labute approximate surface area is 95.3 Å². The lowest BCUT2D eigenvalue weighted by molar-refractivity contribution is 0.477. The van der Waals surface area contributed by atoms with Crippen LogP contribution in [0.1, 0.15) is 13.8 Å². The lowest BCUT2D eigenvalue weighted by Crippen LogP contribution is -2.43. The molecule has 1 aromatic carbocycles. The van der Waals surface area contributed by atoms with Gasteiger partial charge in [-0.25, -0.2) is 0 Å². The van der Waals surface area contributed by atoms with Crippen LogP contribution in [0.25, 0.3) is 0 Å². The second-order valence-electron chi connectivity index (χ2n) is 3.69. The van der Waals surface area contributed by atoms with Crippen molar-refractivity contribution in [3.63, 3.8) is 0 Å². The second-order valence-corrected chi connectivity index (χ2v) is 5.59. The summed E-state index contributed by atoms with van der Waals surface area (Å²) < 4.78 is 0. The van der Waals surface area contributed by atoms with Crippen LogP contribution in [0.15, 0.2) is 30.3 Å². The van der Waals surface area contributed by atoms with Crippen LogP contribution in [-0.4, -0.2) is 28.8 Å². The van der Waals surface area contributed by atoms with Crippen LogP contribution < -0.4 is 15.8 Å². The summed E-state index contributed by atoms with van der Waals surface area (Å²) in [5, 5.41) is 8.51. The van der Waals surface area contributed by atoms with Gasteiger partial charge in [-0.2, -0.15) is 0 Å². The molecule has 0 aliphatic heterocycles. The summed E-state index contributed by atoms with van der Waals surface area (Å²) >= 11 is 0. The molecule has 0 unspecified atom stereocenters. The number of rotatable bonds is 7. The summed E-state index contributed by atoms with van der Waals surface area (Å²) in [4.78, 5) is 0. The van der Waals surface area contributed by atoms with Crippen LogP contribution in [0.2, 0.25) is 6.04 Å². The molecule has 0 aromatic heterocycles. The van der Waals surface area contributed by atoms with Gasteiger partial charge in [-0.3, -0.25) is 0 Å². The third-order valence-corrected chi connectivity index (χ3v) is 4.38. The number of hydrogen-bond acceptors (Lipinski definition) is 2. The Balaban J connectivity index is 2.33. The molecule has 0 bridgehead atoms. The first-order chi connectivity index (χ1) is 7.36. The Bertz CT molecular complexity index is 245. The van der Waals surface area contributed by atoms with Crippen LogP contribution in [0.4, 0.5) is 0 Å². The minimum absolute atomic E-state index is 0.124. The van der Waals surface area contributed by atoms with Gasteiger partial charge >= 0.3 is 0 Å². The van der Waals surface area contributed by atoms with Gasteiger partial charge in [0.05, 0.1) is 15.7 Å². The van der Waals surface area contributed by atoms with Crippen LogP contribution in [-0.2, 0) is 0 Å². The summed E-state index contributed by atoms with van der Waals surface area (Å²) in [6.45, 7) is 6.41. The summed E-state index contributed by atoms with van der Waals surface area (Å²) in [6.07, 6.45) is 0.506. The van der Waals surface area contributed by atoms with Crippen molar-refractivity contribution in [2.45, 2.75) is 26.1 Å². The first kappa shape index (κ1) is 12.4. The molecule has 0 atom stereocenters. The highest BCUT2D eigenvalue weighted by atomic mass is 28.2. The van der Waals surface area contributed by atoms with E-state index in [0.29, 0.717) is 6.17 Å². The Morgan fingerprint density at radius 1 is 1.07 bits per heavy atom. The fourth-order valence-corrected chi connectivity index (χ4v) is 3.36. The van der Waals surface area contributed by atoms with Crippen LogP contribution in [0, 0.1) is 0 Å². The van der Waals surface area contributed by atoms with Crippen molar-refractivity contribution in [1.29, 1.82) is 0 Å². The van der Waals surface area contributed by atoms with Gasteiger partial charge in [0.2, 0.25) is 0 Å². The van der Waals surface area contributed by atoms with Crippen molar-refractivity contribution in [3.05, 3.63) is 30.3 Å². The average molecular weight is 222 g/mol. The first-order valence-corrected chi connectivity index (χ1v) is 7.58. The molecule has 1 rings (SSSR count). The molecule has 2 nitrogen and oxygen atoms in total. The molecule has 1 aromatic rings. The second kappa shape index (κ2) is 7.62. The monoisotopic (exact) mass is 222 g/mol. The maximum absolute atomic E-state index is 3.48. The molecule has 84 valence electrons. The molecule has 0 amide bonds. The minimum Gasteiger partial charge on any atom is -0.302 e. The topological polar surface area (TPSA) is 24.1 Å². The predicted octanol–water partition coefficient (Wildman–Crippen LogP) is 0.444. The lowest BCUT2D eigenvalue weighted by atomic mass is 10.4. The quantitative estimate of drug-likeness (QED) is 0.517. The van der Waals surface area contributed by atoms with Crippen molar-refractivity contribution in [1.82, 2.24) is 10.6 Å². The molecule has 3 heteroatoms. The van der Waals surface area contributed by atoms with E-state index in [1.54, 1.807) is 5.19 Å². The van der Waals surface area contributed by atoms with Crippen molar-refractivity contribution in [2.75, 3.05) is 13.1 Å². The smallest absolute Gasteiger partial charge is 0.0576 e. The molecule has 0 spiro atoms. The number of hydrogen-bond donors (Lipinski definition) is 2. The van der Waals surface area contributed by atoms with E-state index >= 15 is 0 Å². The van der Waals surface area contributed by atoms with Crippen molar-refractivity contribution in [3.8, 4) is 0 Å². The molecular weight excluding hydrogens is 200 g/mol. The average Bonchev–Trinajstić information content (AvgIpc) is 2.28. The van der Waals surface area contributed by atoms with Gasteiger partial charge in [-0.05, 0) is 19.1 Å². The van der Waals surface area contributed by atoms with Gasteiger partial charge in [-0.1, -0.05) is 49.4 Å². The van der Waals surface area contributed by atoms with E-state index in [1.807, 2.05) is 0 Å². The highest BCUT2D eigenvalue weighted by Crippen LogP contribution is 1.89. The summed E-state index contributed by atoms with van der Waals surface area (Å²) in [5.41, 5.74) is 0. The third-order valence-electron chi connectivity index (χ3n) is 2.47. The van der Waals surface area contributed by atoms with E-state index in [0.717, 1.165) is 13.1 Å². The molecular formula is C12H22N2Si. The SMILES string of the molecule is CCNC(C[SiH2]c1ccccc1)NCC. The van der Waals surface area contributed by atoms with Crippen molar-refractivity contribution in [2.24, 2.45) is 0 Å². The van der Waals surface area contributed by atoms with Crippen LogP contribution >= 0.6 is 0 Å². The van der Waals surface area contributed by atoms with Crippen molar-refractivity contribution < 1.29 is 0 Å². The third kappa shape index (κ3) is 5.11. The van der Waals surface area contributed by atoms with Gasteiger partial charge in [0.1, 0.15) is 0 Å². The first-order valence-electron chi connectivity index (χ1n) is 5.87. The molecule has 15 heavy (non-hydrogen) atoms. The molecule has 2 N–H and O–H groups in total. The predicted molar refractivity (Wildman–Crippen MR) is 70.6 cm³/mol. The molecule has 0 aliphatic rings. The maximum Gasteiger partial charge on any atom is 0.0576 e. The van der Waals surface area contributed by atoms with E-state index in [4.69, 9.17) is 0 Å². The Kier molecular flexibility index (Phi) is 6.32. The largest absolute Gasteiger partial charge is 0.302 e. The van der Waals surface area contributed by atoms with E-state index in [2.05, 4.69) is 54.8 Å². The normalized spacial score (nSPS) is 11.7. The van der Waals surface area contributed by atoms with Gasteiger partial charge in [-0.15, -0.1) is 0 Å². The Hall–Kier alpha value is -0.643. The van der Waals surface area contributed by atoms with Gasteiger partial charge in [0, 0.05) is 0 Å². The number of nitrogens with one attached hydrogen (secondary N) is 2. The Morgan fingerprint density at radius 2 is 1.67 bits per heavy atom. The van der Waals surface area contributed by atoms with Crippen molar-refractivity contribution >= 4 is 14.7 Å². The fourth-order valence-electron chi connectivity index (χ4n) is 1.72. The maximum atomic E-state index is 3.48. The van der Waals surface area contributed by atoms with E-state index < -0.39 is 0 Å². The summed E-state index contributed by atoms with van der Waals surface area (Å²) in [5.74, 6) is 0. The summed E-state index contributed by atoms with van der Waals surface area (Å²) in [7, 11) is -0.124. The highest BCUT2D eigenvalue weighted by Gasteiger charge is 2.05. The zero-order valence-corrected chi connectivity index (χ0v) is 11.2. The highest BCUT2D eigenvalue weighted by molar-refractivity contribution is 6.53.